The summed E-state index contributed by atoms with van der Waals surface area (Å²) in [4.78, 5) is 24.3. The van der Waals surface area contributed by atoms with Crippen molar-refractivity contribution in [2.45, 2.75) is 4.90 Å². The van der Waals surface area contributed by atoms with E-state index in [2.05, 4.69) is 5.32 Å². The van der Waals surface area contributed by atoms with E-state index in [0.717, 1.165) is 0 Å². The maximum atomic E-state index is 12.9. The summed E-state index contributed by atoms with van der Waals surface area (Å²) >= 11 is 6.14. The minimum atomic E-state index is -3.86. The van der Waals surface area contributed by atoms with Crippen LogP contribution in [0.4, 0.5) is 5.69 Å². The molecule has 178 valence electrons. The molecule has 1 aliphatic rings. The molecular weight excluding hydrogens is 476 g/mol. The second kappa shape index (κ2) is 10.8. The maximum absolute atomic E-state index is 12.9. The van der Waals surface area contributed by atoms with Crippen LogP contribution in [0, 0.1) is 0 Å². The first-order valence-electron chi connectivity index (χ1n) is 9.82. The molecule has 0 bridgehead atoms. The minimum Gasteiger partial charge on any atom is -0.497 e. The number of anilines is 1. The molecule has 2 aromatic carbocycles. The Morgan fingerprint density at radius 3 is 2.52 bits per heavy atom. The predicted octanol–water partition coefficient (Wildman–Crippen LogP) is 2.17. The molecule has 2 aromatic rings. The maximum Gasteiger partial charge on any atom is 0.341 e. The van der Waals surface area contributed by atoms with Crippen LogP contribution in [0.15, 0.2) is 41.3 Å². The van der Waals surface area contributed by atoms with E-state index < -0.39 is 28.5 Å². The number of carbonyl (C=O) groups is 2. The normalized spacial score (nSPS) is 14.4. The van der Waals surface area contributed by atoms with Crippen LogP contribution >= 0.6 is 11.6 Å². The van der Waals surface area contributed by atoms with Gasteiger partial charge in [0.05, 0.1) is 32.5 Å². The third kappa shape index (κ3) is 5.93. The highest BCUT2D eigenvalue weighted by molar-refractivity contribution is 7.89. The highest BCUT2D eigenvalue weighted by Gasteiger charge is 2.28. The van der Waals surface area contributed by atoms with Crippen molar-refractivity contribution in [1.29, 1.82) is 0 Å². The van der Waals surface area contributed by atoms with Crippen LogP contribution in [0.25, 0.3) is 0 Å². The van der Waals surface area contributed by atoms with Gasteiger partial charge in [-0.05, 0) is 30.3 Å². The Morgan fingerprint density at radius 1 is 1.12 bits per heavy atom. The number of hydrogen-bond acceptors (Lipinski definition) is 8. The lowest BCUT2D eigenvalue weighted by atomic mass is 10.2. The molecule has 1 fully saturated rings. The van der Waals surface area contributed by atoms with Gasteiger partial charge in [-0.2, -0.15) is 4.31 Å². The molecule has 1 saturated heterocycles. The van der Waals surface area contributed by atoms with Gasteiger partial charge >= 0.3 is 5.97 Å². The summed E-state index contributed by atoms with van der Waals surface area (Å²) in [6.07, 6.45) is 0. The van der Waals surface area contributed by atoms with Crippen molar-refractivity contribution in [3.05, 3.63) is 47.0 Å². The van der Waals surface area contributed by atoms with E-state index in [9.17, 15) is 18.0 Å². The molecule has 10 nitrogen and oxygen atoms in total. The zero-order valence-electron chi connectivity index (χ0n) is 18.0. The summed E-state index contributed by atoms with van der Waals surface area (Å²) in [6.45, 7) is 0.564. The Morgan fingerprint density at radius 2 is 1.85 bits per heavy atom. The van der Waals surface area contributed by atoms with Crippen molar-refractivity contribution >= 4 is 39.2 Å². The van der Waals surface area contributed by atoms with Gasteiger partial charge in [0, 0.05) is 24.8 Å². The van der Waals surface area contributed by atoms with Crippen molar-refractivity contribution in [1.82, 2.24) is 4.31 Å². The Labute approximate surface area is 196 Å². The smallest absolute Gasteiger partial charge is 0.341 e. The Balaban J connectivity index is 1.73. The number of halogens is 1. The molecule has 1 aliphatic heterocycles. The van der Waals surface area contributed by atoms with Gasteiger partial charge in [-0.25, -0.2) is 13.2 Å². The van der Waals surface area contributed by atoms with Crippen molar-refractivity contribution in [3.63, 3.8) is 0 Å². The molecule has 1 amide bonds. The zero-order chi connectivity index (χ0) is 24.0. The van der Waals surface area contributed by atoms with E-state index in [1.54, 1.807) is 6.07 Å². The number of sulfonamides is 1. The highest BCUT2D eigenvalue weighted by atomic mass is 35.5. The Kier molecular flexibility index (Phi) is 8.14. The SMILES string of the molecule is COC(=O)c1ccc(OC)cc1OCC(=O)Nc1ccc(Cl)c(S(=O)(=O)N2CCOCC2)c1. The number of methoxy groups -OCH3 is 2. The summed E-state index contributed by atoms with van der Waals surface area (Å²) in [5.74, 6) is -0.689. The molecular formula is C21H23ClN2O8S. The summed E-state index contributed by atoms with van der Waals surface area (Å²) in [5, 5.41) is 2.61. The number of ether oxygens (including phenoxy) is 4. The molecule has 0 aromatic heterocycles. The van der Waals surface area contributed by atoms with Gasteiger partial charge < -0.3 is 24.3 Å². The fourth-order valence-corrected chi connectivity index (χ4v) is 4.98. The first kappa shape index (κ1) is 24.8. The fourth-order valence-electron chi connectivity index (χ4n) is 3.07. The third-order valence-corrected chi connectivity index (χ3v) is 7.14. The van der Waals surface area contributed by atoms with E-state index >= 15 is 0 Å². The molecule has 0 aliphatic carbocycles. The molecule has 0 saturated carbocycles. The first-order chi connectivity index (χ1) is 15.8. The Hall–Kier alpha value is -2.86. The van der Waals surface area contributed by atoms with Crippen LogP contribution < -0.4 is 14.8 Å². The molecule has 1 N–H and O–H groups in total. The standard InChI is InChI=1S/C21H23ClN2O8S/c1-29-15-4-5-16(21(26)30-2)18(12-15)32-13-20(25)23-14-3-6-17(22)19(11-14)33(27,28)24-7-9-31-10-8-24/h3-6,11-12H,7-10,13H2,1-2H3,(H,23,25). The van der Waals surface area contributed by atoms with Crippen molar-refractivity contribution < 1.29 is 37.0 Å². The van der Waals surface area contributed by atoms with Crippen LogP contribution in [0.5, 0.6) is 11.5 Å². The second-order valence-electron chi connectivity index (χ2n) is 6.85. The number of rotatable bonds is 8. The molecule has 1 heterocycles. The van der Waals surface area contributed by atoms with Crippen molar-refractivity contribution in [3.8, 4) is 11.5 Å². The van der Waals surface area contributed by atoms with Gasteiger partial charge in [0.15, 0.2) is 6.61 Å². The lowest BCUT2D eigenvalue weighted by molar-refractivity contribution is -0.118. The lowest BCUT2D eigenvalue weighted by Gasteiger charge is -2.26. The van der Waals surface area contributed by atoms with Gasteiger partial charge in [-0.3, -0.25) is 4.79 Å². The highest BCUT2D eigenvalue weighted by Crippen LogP contribution is 2.29. The Bertz CT molecular complexity index is 1130. The van der Waals surface area contributed by atoms with Gasteiger partial charge in [-0.15, -0.1) is 0 Å². The van der Waals surface area contributed by atoms with Crippen LogP contribution in [0.2, 0.25) is 5.02 Å². The average molecular weight is 499 g/mol. The summed E-state index contributed by atoms with van der Waals surface area (Å²) < 4.78 is 47.7. The summed E-state index contributed by atoms with van der Waals surface area (Å²) in [7, 11) is -1.18. The number of amides is 1. The molecule has 12 heteroatoms. The van der Waals surface area contributed by atoms with Crippen LogP contribution in [0.3, 0.4) is 0 Å². The fraction of sp³-hybridized carbons (Fsp3) is 0.333. The van der Waals surface area contributed by atoms with Crippen LogP contribution in [-0.2, 0) is 24.3 Å². The molecule has 0 spiro atoms. The number of esters is 1. The number of benzene rings is 2. The van der Waals surface area contributed by atoms with E-state index in [4.69, 9.17) is 30.5 Å². The van der Waals surface area contributed by atoms with Crippen molar-refractivity contribution in [2.24, 2.45) is 0 Å². The van der Waals surface area contributed by atoms with Gasteiger partial charge in [0.1, 0.15) is 22.0 Å². The summed E-state index contributed by atoms with van der Waals surface area (Å²) in [5.41, 5.74) is 0.343. The van der Waals surface area contributed by atoms with Gasteiger partial charge in [0.25, 0.3) is 5.91 Å². The van der Waals surface area contributed by atoms with E-state index in [-0.39, 0.29) is 40.0 Å². The molecule has 0 unspecified atom stereocenters. The van der Waals surface area contributed by atoms with Gasteiger partial charge in [-0.1, -0.05) is 11.6 Å². The van der Waals surface area contributed by atoms with Crippen molar-refractivity contribution in [2.75, 3.05) is 52.4 Å². The number of nitrogens with zero attached hydrogens (tertiary/aromatic N) is 1. The topological polar surface area (TPSA) is 120 Å². The number of nitrogens with one attached hydrogen (secondary N) is 1. The minimum absolute atomic E-state index is 0.0369. The number of carbonyl (C=O) groups excluding carboxylic acids is 2. The average Bonchev–Trinajstić information content (AvgIpc) is 2.83. The van der Waals surface area contributed by atoms with E-state index in [0.29, 0.717) is 19.0 Å². The monoisotopic (exact) mass is 498 g/mol. The van der Waals surface area contributed by atoms with Crippen LogP contribution in [0.1, 0.15) is 10.4 Å². The number of hydrogen-bond donors (Lipinski definition) is 1. The molecule has 0 radical (unpaired) electrons. The first-order valence-corrected chi connectivity index (χ1v) is 11.6. The number of morpholine rings is 1. The molecule has 33 heavy (non-hydrogen) atoms. The lowest BCUT2D eigenvalue weighted by Crippen LogP contribution is -2.40. The predicted molar refractivity (Wildman–Crippen MR) is 119 cm³/mol. The van der Waals surface area contributed by atoms with E-state index in [1.807, 2.05) is 0 Å². The van der Waals surface area contributed by atoms with Crippen LogP contribution in [-0.4, -0.2) is 71.7 Å². The second-order valence-corrected chi connectivity index (χ2v) is 9.17. The third-order valence-electron chi connectivity index (χ3n) is 4.76. The zero-order valence-corrected chi connectivity index (χ0v) is 19.6. The quantitative estimate of drug-likeness (QED) is 0.550. The van der Waals surface area contributed by atoms with E-state index in [1.165, 1.54) is 48.9 Å². The summed E-state index contributed by atoms with van der Waals surface area (Å²) in [6, 6.07) is 8.63. The molecule has 0 atom stereocenters. The molecule has 3 rings (SSSR count). The van der Waals surface area contributed by atoms with Gasteiger partial charge in [0.2, 0.25) is 10.0 Å². The largest absolute Gasteiger partial charge is 0.497 e.